The second-order valence-corrected chi connectivity index (χ2v) is 5.89. The van der Waals surface area contributed by atoms with Gasteiger partial charge in [0.25, 0.3) is 5.91 Å². The van der Waals surface area contributed by atoms with Crippen LogP contribution in [0, 0.1) is 11.8 Å². The van der Waals surface area contributed by atoms with Crippen LogP contribution in [0.4, 0.5) is 0 Å². The zero-order valence-electron chi connectivity index (χ0n) is 11.7. The lowest BCUT2D eigenvalue weighted by molar-refractivity contribution is -0.149. The molecule has 2 aliphatic rings. The Balaban J connectivity index is 1.98. The minimum absolute atomic E-state index is 0.00737. The molecule has 1 aliphatic carbocycles. The molecule has 3 rings (SSSR count). The fourth-order valence-electron chi connectivity index (χ4n) is 3.52. The van der Waals surface area contributed by atoms with Gasteiger partial charge in [-0.2, -0.15) is 0 Å². The molecule has 2 fully saturated rings. The van der Waals surface area contributed by atoms with E-state index < -0.39 is 29.4 Å². The topological polar surface area (TPSA) is 83.5 Å². The number of amides is 1. The molecule has 110 valence electrons. The quantitative estimate of drug-likeness (QED) is 0.785. The Kier molecular flexibility index (Phi) is 3.17. The molecule has 5 heteroatoms. The van der Waals surface area contributed by atoms with Crippen molar-refractivity contribution in [3.8, 4) is 0 Å². The molecular weight excluding hydrogens is 270 g/mol. The number of benzene rings is 1. The number of nitrogens with one attached hydrogen (secondary N) is 1. The Hall–Kier alpha value is -2.01. The van der Waals surface area contributed by atoms with Crippen LogP contribution in [0.3, 0.4) is 0 Å². The molecule has 1 saturated carbocycles. The van der Waals surface area contributed by atoms with Crippen LogP contribution in [-0.2, 0) is 9.59 Å². The zero-order chi connectivity index (χ0) is 15.2. The average Bonchev–Trinajstić information content (AvgIpc) is 2.76. The summed E-state index contributed by atoms with van der Waals surface area (Å²) in [6.07, 6.45) is 0.263. The summed E-state index contributed by atoms with van der Waals surface area (Å²) in [5.74, 6) is -2.01. The van der Waals surface area contributed by atoms with Crippen molar-refractivity contribution < 1.29 is 19.5 Å². The standard InChI is InChI=1S/C16H17NO4/c1-9-11(18)7-8-16(21)12(9)13(17-15(16)20)14(19)10-5-3-2-4-6-10/h2-6,9,12-13,21H,7-8H2,1H3,(H,17,20)/t9-,12-,13+,16+/m0/s1. The van der Waals surface area contributed by atoms with Crippen LogP contribution in [0.25, 0.3) is 0 Å². The van der Waals surface area contributed by atoms with Gasteiger partial charge in [-0.15, -0.1) is 0 Å². The van der Waals surface area contributed by atoms with E-state index in [0.717, 1.165) is 0 Å². The molecule has 1 saturated heterocycles. The third-order valence-electron chi connectivity index (χ3n) is 4.73. The van der Waals surface area contributed by atoms with E-state index >= 15 is 0 Å². The highest BCUT2D eigenvalue weighted by molar-refractivity contribution is 6.06. The van der Waals surface area contributed by atoms with Gasteiger partial charge in [-0.05, 0) is 6.42 Å². The molecule has 1 aromatic rings. The largest absolute Gasteiger partial charge is 0.380 e. The number of carbonyl (C=O) groups excluding carboxylic acids is 3. The Bertz CT molecular complexity index is 612. The van der Waals surface area contributed by atoms with Crippen molar-refractivity contribution in [1.29, 1.82) is 0 Å². The molecule has 4 atom stereocenters. The Morgan fingerprint density at radius 2 is 1.95 bits per heavy atom. The fraction of sp³-hybridized carbons (Fsp3) is 0.438. The SMILES string of the molecule is C[C@H]1C(=O)CC[C@]2(O)C(=O)N[C@@H](C(=O)c3ccccc3)[C@H]12. The number of Topliss-reactive ketones (excluding diaryl/α,β-unsaturated/α-hetero) is 2. The summed E-state index contributed by atoms with van der Waals surface area (Å²) in [6.45, 7) is 1.68. The molecule has 0 aromatic heterocycles. The summed E-state index contributed by atoms with van der Waals surface area (Å²) < 4.78 is 0. The summed E-state index contributed by atoms with van der Waals surface area (Å²) in [7, 11) is 0. The highest BCUT2D eigenvalue weighted by Crippen LogP contribution is 2.43. The van der Waals surface area contributed by atoms with Gasteiger partial charge in [-0.25, -0.2) is 0 Å². The van der Waals surface area contributed by atoms with E-state index in [2.05, 4.69) is 5.32 Å². The van der Waals surface area contributed by atoms with Gasteiger partial charge in [0.2, 0.25) is 0 Å². The van der Waals surface area contributed by atoms with Crippen LogP contribution < -0.4 is 5.32 Å². The molecule has 1 aliphatic heterocycles. The van der Waals surface area contributed by atoms with Crippen LogP contribution in [-0.4, -0.2) is 34.2 Å². The van der Waals surface area contributed by atoms with Gasteiger partial charge in [0, 0.05) is 23.8 Å². The molecule has 2 N–H and O–H groups in total. The van der Waals surface area contributed by atoms with Crippen molar-refractivity contribution in [2.45, 2.75) is 31.4 Å². The maximum atomic E-state index is 12.6. The van der Waals surface area contributed by atoms with E-state index in [1.165, 1.54) is 0 Å². The highest BCUT2D eigenvalue weighted by Gasteiger charge is 2.61. The van der Waals surface area contributed by atoms with E-state index in [4.69, 9.17) is 0 Å². The molecule has 1 amide bonds. The number of fused-ring (bicyclic) bond motifs is 1. The summed E-state index contributed by atoms with van der Waals surface area (Å²) in [5, 5.41) is 13.2. The Labute approximate surface area is 122 Å². The predicted octanol–water partition coefficient (Wildman–Crippen LogP) is 0.714. The van der Waals surface area contributed by atoms with Gasteiger partial charge in [0.15, 0.2) is 5.78 Å². The van der Waals surface area contributed by atoms with Crippen LogP contribution in [0.5, 0.6) is 0 Å². The normalized spacial score (nSPS) is 35.2. The molecule has 0 radical (unpaired) electrons. The first-order valence-corrected chi connectivity index (χ1v) is 7.10. The van der Waals surface area contributed by atoms with Crippen molar-refractivity contribution in [1.82, 2.24) is 5.32 Å². The number of hydrogen-bond acceptors (Lipinski definition) is 4. The smallest absolute Gasteiger partial charge is 0.252 e. The highest BCUT2D eigenvalue weighted by atomic mass is 16.3. The third kappa shape index (κ3) is 2.00. The zero-order valence-corrected chi connectivity index (χ0v) is 11.7. The minimum atomic E-state index is -1.61. The lowest BCUT2D eigenvalue weighted by Gasteiger charge is -2.37. The van der Waals surface area contributed by atoms with Crippen molar-refractivity contribution in [3.63, 3.8) is 0 Å². The van der Waals surface area contributed by atoms with Gasteiger partial charge in [0.1, 0.15) is 11.4 Å². The summed E-state index contributed by atoms with van der Waals surface area (Å²) in [5.41, 5.74) is -1.14. The molecule has 0 unspecified atom stereocenters. The Morgan fingerprint density at radius 1 is 1.29 bits per heavy atom. The first-order chi connectivity index (χ1) is 9.95. The van der Waals surface area contributed by atoms with Gasteiger partial charge in [-0.1, -0.05) is 37.3 Å². The second kappa shape index (κ2) is 4.77. The number of ketones is 2. The van der Waals surface area contributed by atoms with Crippen LogP contribution in [0.1, 0.15) is 30.1 Å². The first kappa shape index (κ1) is 13.9. The third-order valence-corrected chi connectivity index (χ3v) is 4.73. The minimum Gasteiger partial charge on any atom is -0.380 e. The van der Waals surface area contributed by atoms with E-state index in [0.29, 0.717) is 5.56 Å². The molecule has 21 heavy (non-hydrogen) atoms. The average molecular weight is 287 g/mol. The van der Waals surface area contributed by atoms with E-state index in [-0.39, 0.29) is 24.4 Å². The first-order valence-electron chi connectivity index (χ1n) is 7.10. The van der Waals surface area contributed by atoms with Crippen LogP contribution >= 0.6 is 0 Å². The predicted molar refractivity (Wildman–Crippen MR) is 74.5 cm³/mol. The maximum Gasteiger partial charge on any atom is 0.252 e. The van der Waals surface area contributed by atoms with Crippen molar-refractivity contribution in [2.24, 2.45) is 11.8 Å². The van der Waals surface area contributed by atoms with Crippen LogP contribution in [0.2, 0.25) is 0 Å². The Morgan fingerprint density at radius 3 is 2.62 bits per heavy atom. The van der Waals surface area contributed by atoms with Gasteiger partial charge in [0.05, 0.1) is 6.04 Å². The molecule has 1 aromatic carbocycles. The number of aliphatic hydroxyl groups is 1. The molecular formula is C16H17NO4. The fourth-order valence-corrected chi connectivity index (χ4v) is 3.52. The summed E-state index contributed by atoms with van der Waals surface area (Å²) >= 11 is 0. The van der Waals surface area contributed by atoms with Gasteiger partial charge < -0.3 is 10.4 Å². The van der Waals surface area contributed by atoms with E-state index in [1.54, 1.807) is 37.3 Å². The second-order valence-electron chi connectivity index (χ2n) is 5.89. The van der Waals surface area contributed by atoms with E-state index in [1.807, 2.05) is 0 Å². The van der Waals surface area contributed by atoms with Gasteiger partial charge >= 0.3 is 0 Å². The number of carbonyl (C=O) groups is 3. The van der Waals surface area contributed by atoms with Gasteiger partial charge in [-0.3, -0.25) is 14.4 Å². The lowest BCUT2D eigenvalue weighted by atomic mass is 9.67. The van der Waals surface area contributed by atoms with Crippen molar-refractivity contribution in [2.75, 3.05) is 0 Å². The number of rotatable bonds is 2. The molecule has 5 nitrogen and oxygen atoms in total. The van der Waals surface area contributed by atoms with Crippen LogP contribution in [0.15, 0.2) is 30.3 Å². The molecule has 0 spiro atoms. The monoisotopic (exact) mass is 287 g/mol. The molecule has 1 heterocycles. The maximum absolute atomic E-state index is 12.6. The lowest BCUT2D eigenvalue weighted by Crippen LogP contribution is -2.52. The summed E-state index contributed by atoms with van der Waals surface area (Å²) in [6, 6.07) is 7.77. The van der Waals surface area contributed by atoms with E-state index in [9.17, 15) is 19.5 Å². The number of hydrogen-bond donors (Lipinski definition) is 2. The van der Waals surface area contributed by atoms with Crippen molar-refractivity contribution in [3.05, 3.63) is 35.9 Å². The summed E-state index contributed by atoms with van der Waals surface area (Å²) in [4.78, 5) is 36.6. The molecule has 0 bridgehead atoms. The van der Waals surface area contributed by atoms with Crippen molar-refractivity contribution >= 4 is 17.5 Å².